The van der Waals surface area contributed by atoms with Crippen LogP contribution in [0.15, 0.2) is 64.2 Å². The van der Waals surface area contributed by atoms with Gasteiger partial charge < -0.3 is 20.1 Å². The van der Waals surface area contributed by atoms with Gasteiger partial charge >= 0.3 is 11.8 Å². The minimum Gasteiger partial charge on any atom is -0.493 e. The molecule has 0 bridgehead atoms. The highest BCUT2D eigenvalue weighted by molar-refractivity contribution is 14.1. The highest BCUT2D eigenvalue weighted by Gasteiger charge is 2.16. The number of para-hydroxylation sites is 1. The van der Waals surface area contributed by atoms with E-state index in [0.29, 0.717) is 32.0 Å². The monoisotopic (exact) mass is 678 g/mol. The Morgan fingerprint density at radius 3 is 2.32 bits per heavy atom. The Balaban J connectivity index is 1.59. The number of hydrogen-bond acceptors (Lipinski definition) is 6. The van der Waals surface area contributed by atoms with E-state index in [0.717, 1.165) is 15.6 Å². The van der Waals surface area contributed by atoms with Gasteiger partial charge in [-0.15, -0.1) is 0 Å². The first-order valence-corrected chi connectivity index (χ1v) is 12.8. The molecular weight excluding hydrogens is 655 g/mol. The zero-order valence-electron chi connectivity index (χ0n) is 20.2. The molecule has 0 aliphatic heterocycles. The number of carbonyl (C=O) groups excluding carboxylic acids is 3. The lowest BCUT2D eigenvalue weighted by Crippen LogP contribution is -2.32. The van der Waals surface area contributed by atoms with Gasteiger partial charge in [0.1, 0.15) is 0 Å². The molecule has 3 aromatic carbocycles. The molecule has 3 aromatic rings. The second-order valence-corrected chi connectivity index (χ2v) is 9.88. The van der Waals surface area contributed by atoms with E-state index >= 15 is 0 Å². The van der Waals surface area contributed by atoms with Crippen molar-refractivity contribution in [2.24, 2.45) is 5.10 Å². The van der Waals surface area contributed by atoms with Crippen LogP contribution in [-0.4, -0.2) is 37.7 Å². The summed E-state index contributed by atoms with van der Waals surface area (Å²) in [6.07, 6.45) is 1.37. The largest absolute Gasteiger partial charge is 0.493 e. The number of nitrogens with one attached hydrogen (secondary N) is 3. The molecule has 0 atom stereocenters. The quantitative estimate of drug-likeness (QED) is 0.137. The van der Waals surface area contributed by atoms with Crippen molar-refractivity contribution in [2.45, 2.75) is 13.8 Å². The number of carbonyl (C=O) groups is 3. The molecule has 0 spiro atoms. The fourth-order valence-corrected chi connectivity index (χ4v) is 4.27. The fourth-order valence-electron chi connectivity index (χ4n) is 3.22. The average molecular weight is 679 g/mol. The van der Waals surface area contributed by atoms with Crippen LogP contribution < -0.4 is 25.5 Å². The van der Waals surface area contributed by atoms with Crippen molar-refractivity contribution in [1.82, 2.24) is 5.43 Å². The van der Waals surface area contributed by atoms with Crippen molar-refractivity contribution >= 4 is 73.8 Å². The number of methoxy groups -OCH3 is 1. The van der Waals surface area contributed by atoms with Gasteiger partial charge in [-0.25, -0.2) is 5.43 Å². The van der Waals surface area contributed by atoms with Gasteiger partial charge in [-0.3, -0.25) is 14.4 Å². The maximum Gasteiger partial charge on any atom is 0.329 e. The standard InChI is InChI=1S/C26H24BrIN4O5/c1-15-5-4-6-16(2)23(15)31-25(34)26(35)32-29-13-17-11-20(28)24(21(12-17)36-3)37-14-22(33)30-19-9-7-18(27)8-10-19/h4-13H,14H2,1-3H3,(H,30,33)(H,31,34)(H,32,35)/b29-13-. The Morgan fingerprint density at radius 1 is 1.00 bits per heavy atom. The van der Waals surface area contributed by atoms with Gasteiger partial charge in [0, 0.05) is 15.8 Å². The molecule has 192 valence electrons. The summed E-state index contributed by atoms with van der Waals surface area (Å²) in [6.45, 7) is 3.47. The predicted octanol–water partition coefficient (Wildman–Crippen LogP) is 4.79. The van der Waals surface area contributed by atoms with Gasteiger partial charge in [0.25, 0.3) is 5.91 Å². The number of rotatable bonds is 8. The number of ether oxygens (including phenoxy) is 2. The van der Waals surface area contributed by atoms with Crippen LogP contribution in [0.25, 0.3) is 0 Å². The van der Waals surface area contributed by atoms with Crippen LogP contribution in [0.4, 0.5) is 11.4 Å². The molecule has 11 heteroatoms. The van der Waals surface area contributed by atoms with Crippen molar-refractivity contribution in [3.8, 4) is 11.5 Å². The second kappa shape index (κ2) is 13.2. The smallest absolute Gasteiger partial charge is 0.329 e. The van der Waals surface area contributed by atoms with Crippen LogP contribution in [0.5, 0.6) is 11.5 Å². The normalized spacial score (nSPS) is 10.6. The Kier molecular flexibility index (Phi) is 10.0. The molecule has 0 unspecified atom stereocenters. The summed E-state index contributed by atoms with van der Waals surface area (Å²) in [5.74, 6) is -1.29. The number of aryl methyl sites for hydroxylation is 2. The van der Waals surface area contributed by atoms with E-state index in [1.165, 1.54) is 13.3 Å². The summed E-state index contributed by atoms with van der Waals surface area (Å²) in [7, 11) is 1.47. The van der Waals surface area contributed by atoms with Crippen LogP contribution >= 0.6 is 38.5 Å². The molecule has 0 saturated carbocycles. The van der Waals surface area contributed by atoms with Crippen molar-refractivity contribution < 1.29 is 23.9 Å². The van der Waals surface area contributed by atoms with Gasteiger partial charge in [0.05, 0.1) is 16.9 Å². The number of benzene rings is 3. The van der Waals surface area contributed by atoms with Crippen molar-refractivity contribution in [2.75, 3.05) is 24.4 Å². The summed E-state index contributed by atoms with van der Waals surface area (Å²) in [4.78, 5) is 36.7. The molecule has 3 N–H and O–H groups in total. The third-order valence-corrected chi connectivity index (χ3v) is 6.36. The number of nitrogens with zero attached hydrogens (tertiary/aromatic N) is 1. The molecule has 0 aliphatic carbocycles. The lowest BCUT2D eigenvalue weighted by atomic mass is 10.1. The van der Waals surface area contributed by atoms with Gasteiger partial charge in [-0.05, 0) is 89.5 Å². The summed E-state index contributed by atoms with van der Waals surface area (Å²) in [5, 5.41) is 9.23. The minimum atomic E-state index is -0.905. The topological polar surface area (TPSA) is 118 Å². The maximum absolute atomic E-state index is 12.3. The Labute approximate surface area is 236 Å². The summed E-state index contributed by atoms with van der Waals surface area (Å²) >= 11 is 5.40. The van der Waals surface area contributed by atoms with Crippen LogP contribution in [0, 0.1) is 17.4 Å². The van der Waals surface area contributed by atoms with Crippen molar-refractivity contribution in [1.29, 1.82) is 0 Å². The number of hydrogen-bond donors (Lipinski definition) is 3. The Bertz CT molecular complexity index is 1330. The number of hydrazone groups is 1. The van der Waals surface area contributed by atoms with Crippen LogP contribution in [0.3, 0.4) is 0 Å². The molecule has 37 heavy (non-hydrogen) atoms. The lowest BCUT2D eigenvalue weighted by molar-refractivity contribution is -0.136. The first-order valence-electron chi connectivity index (χ1n) is 10.9. The molecule has 9 nitrogen and oxygen atoms in total. The third kappa shape index (κ3) is 8.02. The number of amides is 3. The summed E-state index contributed by atoms with van der Waals surface area (Å²) in [6, 6.07) is 16.1. The molecule has 3 rings (SSSR count). The van der Waals surface area contributed by atoms with E-state index in [9.17, 15) is 14.4 Å². The summed E-state index contributed by atoms with van der Waals surface area (Å²) < 4.78 is 12.7. The van der Waals surface area contributed by atoms with E-state index in [1.807, 2.05) is 66.8 Å². The van der Waals surface area contributed by atoms with Gasteiger partial charge in [0.2, 0.25) is 0 Å². The number of anilines is 2. The molecule has 0 heterocycles. The minimum absolute atomic E-state index is 0.221. The maximum atomic E-state index is 12.3. The first kappa shape index (κ1) is 28.1. The average Bonchev–Trinajstić information content (AvgIpc) is 2.86. The van der Waals surface area contributed by atoms with E-state index < -0.39 is 11.8 Å². The fraction of sp³-hybridized carbons (Fsp3) is 0.154. The van der Waals surface area contributed by atoms with E-state index in [2.05, 4.69) is 37.1 Å². The predicted molar refractivity (Wildman–Crippen MR) is 154 cm³/mol. The van der Waals surface area contributed by atoms with E-state index in [1.54, 1.807) is 24.3 Å². The molecule has 0 saturated heterocycles. The van der Waals surface area contributed by atoms with Crippen molar-refractivity contribution in [3.05, 3.63) is 79.3 Å². The highest BCUT2D eigenvalue weighted by Crippen LogP contribution is 2.33. The zero-order valence-corrected chi connectivity index (χ0v) is 24.0. The van der Waals surface area contributed by atoms with Crippen LogP contribution in [0.2, 0.25) is 0 Å². The van der Waals surface area contributed by atoms with Gasteiger partial charge in [0.15, 0.2) is 18.1 Å². The molecular formula is C26H24BrIN4O5. The number of halogens is 2. The lowest BCUT2D eigenvalue weighted by Gasteiger charge is -2.13. The molecule has 0 fully saturated rings. The second-order valence-electron chi connectivity index (χ2n) is 7.80. The van der Waals surface area contributed by atoms with Crippen LogP contribution in [-0.2, 0) is 14.4 Å². The van der Waals surface area contributed by atoms with Gasteiger partial charge in [-0.1, -0.05) is 34.1 Å². The molecule has 3 amide bonds. The Morgan fingerprint density at radius 2 is 1.68 bits per heavy atom. The SMILES string of the molecule is COc1cc(/C=N\NC(=O)C(=O)Nc2c(C)cccc2C)cc(I)c1OCC(=O)Nc1ccc(Br)cc1. The van der Waals surface area contributed by atoms with Crippen LogP contribution in [0.1, 0.15) is 16.7 Å². The zero-order chi connectivity index (χ0) is 26.9. The molecule has 0 radical (unpaired) electrons. The van der Waals surface area contributed by atoms with E-state index in [4.69, 9.17) is 9.47 Å². The van der Waals surface area contributed by atoms with Crippen molar-refractivity contribution in [3.63, 3.8) is 0 Å². The summed E-state index contributed by atoms with van der Waals surface area (Å²) in [5.41, 5.74) is 5.73. The third-order valence-electron chi connectivity index (χ3n) is 5.03. The Hall–Kier alpha value is -3.45. The van der Waals surface area contributed by atoms with Gasteiger partial charge in [-0.2, -0.15) is 5.10 Å². The molecule has 0 aromatic heterocycles. The highest BCUT2D eigenvalue weighted by atomic mass is 127. The molecule has 0 aliphatic rings. The first-order chi connectivity index (χ1) is 17.7. The van der Waals surface area contributed by atoms with E-state index in [-0.39, 0.29) is 12.5 Å².